The zero-order valence-corrected chi connectivity index (χ0v) is 19.3. The zero-order valence-electron chi connectivity index (χ0n) is 19.3. The Morgan fingerprint density at radius 3 is 2.71 bits per heavy atom. The minimum atomic E-state index is 0.174. The monoisotopic (exact) mass is 464 g/mol. The van der Waals surface area contributed by atoms with Crippen molar-refractivity contribution in [2.75, 3.05) is 25.5 Å². The molecule has 1 saturated heterocycles. The van der Waals surface area contributed by atoms with E-state index in [0.717, 1.165) is 40.9 Å². The maximum atomic E-state index is 11.8. The molecule has 7 heteroatoms. The molecule has 1 N–H and O–H groups in total. The second-order valence-corrected chi connectivity index (χ2v) is 8.08. The van der Waals surface area contributed by atoms with Crippen LogP contribution in [0.1, 0.15) is 18.4 Å². The van der Waals surface area contributed by atoms with Gasteiger partial charge in [-0.3, -0.25) is 4.79 Å². The number of carbonyl (C=O) groups is 1. The minimum Gasteiger partial charge on any atom is -0.493 e. The average molecular weight is 465 g/mol. The van der Waals surface area contributed by atoms with Crippen molar-refractivity contribution in [2.45, 2.75) is 12.8 Å². The summed E-state index contributed by atoms with van der Waals surface area (Å²) < 4.78 is 11.5. The molecule has 4 aromatic rings. The molecule has 7 nitrogen and oxygen atoms in total. The number of ether oxygens (including phenoxy) is 2. The van der Waals surface area contributed by atoms with Crippen LogP contribution in [0.5, 0.6) is 17.2 Å². The highest BCUT2D eigenvalue weighted by Crippen LogP contribution is 2.35. The lowest BCUT2D eigenvalue weighted by atomic mass is 10.1. The van der Waals surface area contributed by atoms with Crippen LogP contribution in [0.3, 0.4) is 0 Å². The van der Waals surface area contributed by atoms with E-state index in [9.17, 15) is 4.79 Å². The van der Waals surface area contributed by atoms with Gasteiger partial charge in [0.05, 0.1) is 19.2 Å². The van der Waals surface area contributed by atoms with Crippen molar-refractivity contribution >= 4 is 28.3 Å². The molecule has 35 heavy (non-hydrogen) atoms. The van der Waals surface area contributed by atoms with E-state index in [0.29, 0.717) is 30.3 Å². The number of carbonyl (C=O) groups excluding carboxylic acids is 1. The van der Waals surface area contributed by atoms with Crippen molar-refractivity contribution in [3.8, 4) is 29.1 Å². The number of likely N-dealkylation sites (tertiary alicyclic amines) is 1. The van der Waals surface area contributed by atoms with Crippen LogP contribution in [0.15, 0.2) is 73.1 Å². The highest BCUT2D eigenvalue weighted by Gasteiger charge is 2.18. The van der Waals surface area contributed by atoms with Crippen LogP contribution in [-0.2, 0) is 4.79 Å². The van der Waals surface area contributed by atoms with E-state index in [-0.39, 0.29) is 5.91 Å². The van der Waals surface area contributed by atoms with Gasteiger partial charge in [-0.25, -0.2) is 9.97 Å². The standard InChI is InChI=1S/C28H24N4O3/c1-34-26-18-21(12-14-25(26)35-22-8-3-2-4-9-22)31-28-23-17-20(11-13-24(23)29-19-30-28)7-5-15-32-16-6-10-27(32)33/h2-4,8-9,11-14,17-19H,6,10,15-16H2,1H3,(H,29,30,31). The first-order valence-electron chi connectivity index (χ1n) is 11.4. The van der Waals surface area contributed by atoms with Crippen LogP contribution in [0, 0.1) is 11.8 Å². The second kappa shape index (κ2) is 10.1. The van der Waals surface area contributed by atoms with Gasteiger partial charge in [-0.2, -0.15) is 0 Å². The molecule has 1 aliphatic rings. The largest absolute Gasteiger partial charge is 0.493 e. The maximum absolute atomic E-state index is 11.8. The Kier molecular flexibility index (Phi) is 6.44. The molecule has 0 radical (unpaired) electrons. The van der Waals surface area contributed by atoms with E-state index in [2.05, 4.69) is 27.1 Å². The number of hydrogen-bond acceptors (Lipinski definition) is 6. The highest BCUT2D eigenvalue weighted by molar-refractivity contribution is 5.91. The fourth-order valence-electron chi connectivity index (χ4n) is 3.92. The van der Waals surface area contributed by atoms with Crippen LogP contribution < -0.4 is 14.8 Å². The molecule has 5 rings (SSSR count). The molecule has 1 aromatic heterocycles. The summed E-state index contributed by atoms with van der Waals surface area (Å²) in [4.78, 5) is 22.4. The maximum Gasteiger partial charge on any atom is 0.223 e. The summed E-state index contributed by atoms with van der Waals surface area (Å²) in [5, 5.41) is 4.21. The van der Waals surface area contributed by atoms with Gasteiger partial charge in [-0.05, 0) is 48.9 Å². The summed E-state index contributed by atoms with van der Waals surface area (Å²) in [6, 6.07) is 21.0. The molecule has 0 unspecified atom stereocenters. The summed E-state index contributed by atoms with van der Waals surface area (Å²) in [5.74, 6) is 9.05. The molecule has 0 saturated carbocycles. The third-order valence-corrected chi connectivity index (χ3v) is 5.71. The Labute approximate surface area is 203 Å². The minimum absolute atomic E-state index is 0.174. The summed E-state index contributed by atoms with van der Waals surface area (Å²) in [6.07, 6.45) is 3.06. The molecular formula is C28H24N4O3. The zero-order chi connectivity index (χ0) is 24.0. The first kappa shape index (κ1) is 22.2. The van der Waals surface area contributed by atoms with E-state index in [1.165, 1.54) is 6.33 Å². The summed E-state index contributed by atoms with van der Waals surface area (Å²) in [5.41, 5.74) is 2.44. The normalized spacial score (nSPS) is 12.8. The number of aromatic nitrogens is 2. The first-order chi connectivity index (χ1) is 17.2. The van der Waals surface area contributed by atoms with Gasteiger partial charge in [-0.1, -0.05) is 30.0 Å². The lowest BCUT2D eigenvalue weighted by Crippen LogP contribution is -2.24. The topological polar surface area (TPSA) is 76.6 Å². The smallest absolute Gasteiger partial charge is 0.223 e. The predicted octanol–water partition coefficient (Wildman–Crippen LogP) is 5.15. The molecule has 2 heterocycles. The van der Waals surface area contributed by atoms with Crippen molar-refractivity contribution in [2.24, 2.45) is 0 Å². The van der Waals surface area contributed by atoms with Gasteiger partial charge >= 0.3 is 0 Å². The Balaban J connectivity index is 1.37. The van der Waals surface area contributed by atoms with Crippen molar-refractivity contribution in [1.29, 1.82) is 0 Å². The number of benzene rings is 3. The number of amides is 1. The van der Waals surface area contributed by atoms with Crippen LogP contribution >= 0.6 is 0 Å². The van der Waals surface area contributed by atoms with Crippen LogP contribution in [0.2, 0.25) is 0 Å². The quantitative estimate of drug-likeness (QED) is 0.398. The van der Waals surface area contributed by atoms with E-state index >= 15 is 0 Å². The second-order valence-electron chi connectivity index (χ2n) is 8.08. The molecule has 1 aliphatic heterocycles. The molecule has 1 fully saturated rings. The average Bonchev–Trinajstić information content (AvgIpc) is 3.30. The van der Waals surface area contributed by atoms with Gasteiger partial charge in [0, 0.05) is 35.7 Å². The Hall–Kier alpha value is -4.57. The number of para-hydroxylation sites is 1. The van der Waals surface area contributed by atoms with Gasteiger partial charge in [0.25, 0.3) is 0 Å². The lowest BCUT2D eigenvalue weighted by molar-refractivity contribution is -0.127. The SMILES string of the molecule is COc1cc(Nc2ncnc3ccc(C#CCN4CCCC4=O)cc23)ccc1Oc1ccccc1. The number of rotatable bonds is 6. The van der Waals surface area contributed by atoms with Gasteiger partial charge in [0.15, 0.2) is 11.5 Å². The Morgan fingerprint density at radius 1 is 1.03 bits per heavy atom. The molecule has 3 aromatic carbocycles. The fourth-order valence-corrected chi connectivity index (χ4v) is 3.92. The fraction of sp³-hybridized carbons (Fsp3) is 0.179. The van der Waals surface area contributed by atoms with Crippen LogP contribution in [-0.4, -0.2) is 41.0 Å². The van der Waals surface area contributed by atoms with E-state index < -0.39 is 0 Å². The van der Waals surface area contributed by atoms with Crippen molar-refractivity contribution in [1.82, 2.24) is 14.9 Å². The molecule has 0 atom stereocenters. The number of methoxy groups -OCH3 is 1. The molecule has 174 valence electrons. The van der Waals surface area contributed by atoms with Crippen molar-refractivity contribution < 1.29 is 14.3 Å². The number of nitrogens with zero attached hydrogens (tertiary/aromatic N) is 3. The molecule has 0 bridgehead atoms. The van der Waals surface area contributed by atoms with Crippen LogP contribution in [0.4, 0.5) is 11.5 Å². The summed E-state index contributed by atoms with van der Waals surface area (Å²) in [7, 11) is 1.61. The Bertz CT molecular complexity index is 1430. The lowest BCUT2D eigenvalue weighted by Gasteiger charge is -2.13. The third-order valence-electron chi connectivity index (χ3n) is 5.71. The molecule has 0 spiro atoms. The van der Waals surface area contributed by atoms with E-state index in [4.69, 9.17) is 9.47 Å². The number of nitrogens with one attached hydrogen (secondary N) is 1. The van der Waals surface area contributed by atoms with Gasteiger partial charge < -0.3 is 19.7 Å². The van der Waals surface area contributed by atoms with E-state index in [1.54, 1.807) is 12.0 Å². The third kappa shape index (κ3) is 5.17. The van der Waals surface area contributed by atoms with Gasteiger partial charge in [0.2, 0.25) is 5.91 Å². The van der Waals surface area contributed by atoms with Gasteiger partial charge in [-0.15, -0.1) is 0 Å². The highest BCUT2D eigenvalue weighted by atomic mass is 16.5. The van der Waals surface area contributed by atoms with Crippen molar-refractivity contribution in [3.05, 3.63) is 78.6 Å². The number of hydrogen-bond donors (Lipinski definition) is 1. The summed E-state index contributed by atoms with van der Waals surface area (Å²) in [6.45, 7) is 1.23. The van der Waals surface area contributed by atoms with Crippen LogP contribution in [0.25, 0.3) is 10.9 Å². The molecule has 1 amide bonds. The number of fused-ring (bicyclic) bond motifs is 1. The molecular weight excluding hydrogens is 440 g/mol. The van der Waals surface area contributed by atoms with Crippen molar-refractivity contribution in [3.63, 3.8) is 0 Å². The summed E-state index contributed by atoms with van der Waals surface area (Å²) >= 11 is 0. The number of anilines is 2. The Morgan fingerprint density at radius 2 is 1.91 bits per heavy atom. The van der Waals surface area contributed by atoms with E-state index in [1.807, 2.05) is 66.7 Å². The predicted molar refractivity (Wildman–Crippen MR) is 135 cm³/mol. The van der Waals surface area contributed by atoms with Gasteiger partial charge in [0.1, 0.15) is 17.9 Å². The molecule has 0 aliphatic carbocycles. The first-order valence-corrected chi connectivity index (χ1v) is 11.4.